The molecular weight excluding hydrogens is 282 g/mol. The van der Waals surface area contributed by atoms with Crippen LogP contribution in [-0.4, -0.2) is 9.97 Å². The zero-order valence-corrected chi connectivity index (χ0v) is 11.6. The SMILES string of the molecule is Cc1csc2c(Oc3cc(Cl)ccc3N)ncnc12. The summed E-state index contributed by atoms with van der Waals surface area (Å²) in [5.74, 6) is 0.996. The molecule has 6 heteroatoms. The minimum absolute atomic E-state index is 0.497. The number of hydrogen-bond acceptors (Lipinski definition) is 5. The number of thiophene rings is 1. The van der Waals surface area contributed by atoms with Crippen molar-refractivity contribution in [2.24, 2.45) is 0 Å². The number of aromatic nitrogens is 2. The van der Waals surface area contributed by atoms with Gasteiger partial charge < -0.3 is 10.5 Å². The number of hydrogen-bond donors (Lipinski definition) is 1. The first-order chi connectivity index (χ1) is 9.15. The van der Waals surface area contributed by atoms with E-state index in [4.69, 9.17) is 22.1 Å². The van der Waals surface area contributed by atoms with Crippen LogP contribution in [0.3, 0.4) is 0 Å². The van der Waals surface area contributed by atoms with Gasteiger partial charge in [0.15, 0.2) is 5.75 Å². The lowest BCUT2D eigenvalue weighted by Crippen LogP contribution is -1.94. The van der Waals surface area contributed by atoms with E-state index in [1.165, 1.54) is 6.33 Å². The molecule has 19 heavy (non-hydrogen) atoms. The third-order valence-corrected chi connectivity index (χ3v) is 3.99. The predicted molar refractivity (Wildman–Crippen MR) is 78.1 cm³/mol. The van der Waals surface area contributed by atoms with Crippen LogP contribution >= 0.6 is 22.9 Å². The van der Waals surface area contributed by atoms with Crippen LogP contribution in [0, 0.1) is 6.92 Å². The first kappa shape index (κ1) is 12.2. The summed E-state index contributed by atoms with van der Waals surface area (Å²) in [4.78, 5) is 8.41. The quantitative estimate of drug-likeness (QED) is 0.724. The highest BCUT2D eigenvalue weighted by Crippen LogP contribution is 2.35. The Balaban J connectivity index is 2.08. The summed E-state index contributed by atoms with van der Waals surface area (Å²) >= 11 is 7.49. The summed E-state index contributed by atoms with van der Waals surface area (Å²) < 4.78 is 6.67. The fraction of sp³-hybridized carbons (Fsp3) is 0.0769. The second-order valence-corrected chi connectivity index (χ2v) is 5.38. The summed E-state index contributed by atoms with van der Waals surface area (Å²) in [6.45, 7) is 2.00. The Hall–Kier alpha value is -1.85. The first-order valence-corrected chi connectivity index (χ1v) is 6.82. The number of benzene rings is 1. The Labute approximate surface area is 118 Å². The van der Waals surface area contributed by atoms with Crippen molar-refractivity contribution in [3.63, 3.8) is 0 Å². The highest BCUT2D eigenvalue weighted by Gasteiger charge is 2.11. The second kappa shape index (κ2) is 4.68. The third-order valence-electron chi connectivity index (χ3n) is 2.68. The molecule has 0 unspecified atom stereocenters. The van der Waals surface area contributed by atoms with Gasteiger partial charge in [0, 0.05) is 11.1 Å². The summed E-state index contributed by atoms with van der Waals surface area (Å²) in [5.41, 5.74) is 8.38. The molecule has 0 aliphatic carbocycles. The number of halogens is 1. The molecule has 0 atom stereocenters. The monoisotopic (exact) mass is 291 g/mol. The second-order valence-electron chi connectivity index (χ2n) is 4.06. The molecular formula is C13H10ClN3OS. The first-order valence-electron chi connectivity index (χ1n) is 5.57. The van der Waals surface area contributed by atoms with E-state index in [1.807, 2.05) is 12.3 Å². The molecule has 1 aromatic carbocycles. The minimum atomic E-state index is 0.497. The highest BCUT2D eigenvalue weighted by atomic mass is 35.5. The number of ether oxygens (including phenoxy) is 1. The van der Waals surface area contributed by atoms with Gasteiger partial charge in [0.05, 0.1) is 11.2 Å². The third kappa shape index (κ3) is 2.22. The molecule has 0 amide bonds. The zero-order valence-electron chi connectivity index (χ0n) is 10.1. The van der Waals surface area contributed by atoms with Crippen LogP contribution in [-0.2, 0) is 0 Å². The molecule has 0 radical (unpaired) electrons. The highest BCUT2D eigenvalue weighted by molar-refractivity contribution is 7.17. The van der Waals surface area contributed by atoms with Crippen molar-refractivity contribution in [2.75, 3.05) is 5.73 Å². The molecule has 0 saturated carbocycles. The maximum Gasteiger partial charge on any atom is 0.240 e. The van der Waals surface area contributed by atoms with Crippen molar-refractivity contribution in [1.82, 2.24) is 9.97 Å². The topological polar surface area (TPSA) is 61.0 Å². The van der Waals surface area contributed by atoms with Gasteiger partial charge in [-0.15, -0.1) is 11.3 Å². The van der Waals surface area contributed by atoms with Crippen molar-refractivity contribution < 1.29 is 4.74 Å². The molecule has 4 nitrogen and oxygen atoms in total. The maximum absolute atomic E-state index is 5.94. The average molecular weight is 292 g/mol. The lowest BCUT2D eigenvalue weighted by molar-refractivity contribution is 0.471. The Kier molecular flexibility index (Phi) is 3.00. The van der Waals surface area contributed by atoms with Gasteiger partial charge in [-0.1, -0.05) is 11.6 Å². The molecule has 3 rings (SSSR count). The molecule has 0 fully saturated rings. The van der Waals surface area contributed by atoms with E-state index < -0.39 is 0 Å². The van der Waals surface area contributed by atoms with E-state index in [2.05, 4.69) is 9.97 Å². The molecule has 0 spiro atoms. The molecule has 0 aliphatic heterocycles. The van der Waals surface area contributed by atoms with Crippen LogP contribution in [0.1, 0.15) is 5.56 Å². The van der Waals surface area contributed by atoms with Crippen LogP contribution in [0.2, 0.25) is 5.02 Å². The average Bonchev–Trinajstić information content (AvgIpc) is 2.77. The predicted octanol–water partition coefficient (Wildman–Crippen LogP) is 4.03. The number of nitrogen functional groups attached to an aromatic ring is 1. The number of nitrogens with two attached hydrogens (primary N) is 1. The lowest BCUT2D eigenvalue weighted by Gasteiger charge is -2.08. The number of aryl methyl sites for hydroxylation is 1. The number of nitrogens with zero attached hydrogens (tertiary/aromatic N) is 2. The molecule has 0 saturated heterocycles. The van der Waals surface area contributed by atoms with Crippen LogP contribution in [0.4, 0.5) is 5.69 Å². The van der Waals surface area contributed by atoms with Gasteiger partial charge in [-0.05, 0) is 30.0 Å². The Morgan fingerprint density at radius 1 is 1.32 bits per heavy atom. The maximum atomic E-state index is 5.94. The smallest absolute Gasteiger partial charge is 0.240 e. The number of anilines is 1. The van der Waals surface area contributed by atoms with Crippen LogP contribution in [0.25, 0.3) is 10.2 Å². The van der Waals surface area contributed by atoms with Crippen molar-refractivity contribution >= 4 is 38.8 Å². The molecule has 3 aromatic rings. The van der Waals surface area contributed by atoms with Gasteiger partial charge in [0.25, 0.3) is 0 Å². The van der Waals surface area contributed by atoms with E-state index in [0.29, 0.717) is 22.3 Å². The van der Waals surface area contributed by atoms with Crippen LogP contribution < -0.4 is 10.5 Å². The summed E-state index contributed by atoms with van der Waals surface area (Å²) in [7, 11) is 0. The molecule has 96 valence electrons. The van der Waals surface area contributed by atoms with Crippen molar-refractivity contribution in [2.45, 2.75) is 6.92 Å². The summed E-state index contributed by atoms with van der Waals surface area (Å²) in [6, 6.07) is 5.09. The Bertz CT molecular complexity index is 757. The summed E-state index contributed by atoms with van der Waals surface area (Å²) in [6.07, 6.45) is 1.48. The largest absolute Gasteiger partial charge is 0.435 e. The van der Waals surface area contributed by atoms with Crippen molar-refractivity contribution in [1.29, 1.82) is 0 Å². The van der Waals surface area contributed by atoms with Crippen molar-refractivity contribution in [3.8, 4) is 11.6 Å². The molecule has 0 aliphatic rings. The Morgan fingerprint density at radius 2 is 2.16 bits per heavy atom. The van der Waals surface area contributed by atoms with E-state index >= 15 is 0 Å². The van der Waals surface area contributed by atoms with E-state index in [9.17, 15) is 0 Å². The zero-order chi connectivity index (χ0) is 13.4. The van der Waals surface area contributed by atoms with Gasteiger partial charge in [0.1, 0.15) is 11.0 Å². The standard InChI is InChI=1S/C13H10ClN3OS/c1-7-5-19-12-11(7)16-6-17-13(12)18-10-4-8(14)2-3-9(10)15/h2-6H,15H2,1H3. The molecule has 0 bridgehead atoms. The van der Waals surface area contributed by atoms with Gasteiger partial charge >= 0.3 is 0 Å². The summed E-state index contributed by atoms with van der Waals surface area (Å²) in [5, 5.41) is 2.59. The van der Waals surface area contributed by atoms with Gasteiger partial charge in [-0.2, -0.15) is 0 Å². The van der Waals surface area contributed by atoms with E-state index in [-0.39, 0.29) is 0 Å². The van der Waals surface area contributed by atoms with Gasteiger partial charge in [0.2, 0.25) is 5.88 Å². The number of rotatable bonds is 2. The van der Waals surface area contributed by atoms with Gasteiger partial charge in [-0.3, -0.25) is 0 Å². The van der Waals surface area contributed by atoms with E-state index in [1.54, 1.807) is 29.5 Å². The molecule has 2 N–H and O–H groups in total. The van der Waals surface area contributed by atoms with Crippen LogP contribution in [0.15, 0.2) is 29.9 Å². The Morgan fingerprint density at radius 3 is 3.00 bits per heavy atom. The fourth-order valence-electron chi connectivity index (χ4n) is 1.72. The fourth-order valence-corrected chi connectivity index (χ4v) is 2.81. The van der Waals surface area contributed by atoms with E-state index in [0.717, 1.165) is 15.8 Å². The molecule has 2 aromatic heterocycles. The van der Waals surface area contributed by atoms with Crippen molar-refractivity contribution in [3.05, 3.63) is 40.5 Å². The normalized spacial score (nSPS) is 10.8. The molecule has 2 heterocycles. The van der Waals surface area contributed by atoms with Gasteiger partial charge in [-0.25, -0.2) is 9.97 Å². The minimum Gasteiger partial charge on any atom is -0.435 e. The number of fused-ring (bicyclic) bond motifs is 1. The van der Waals surface area contributed by atoms with Crippen LogP contribution in [0.5, 0.6) is 11.6 Å². The lowest BCUT2D eigenvalue weighted by atomic mass is 10.3.